The highest BCUT2D eigenvalue weighted by molar-refractivity contribution is 5.98. The summed E-state index contributed by atoms with van der Waals surface area (Å²) in [6.45, 7) is 4.84. The van der Waals surface area contributed by atoms with Gasteiger partial charge in [0.15, 0.2) is 0 Å². The van der Waals surface area contributed by atoms with Gasteiger partial charge in [0.2, 0.25) is 5.91 Å². The summed E-state index contributed by atoms with van der Waals surface area (Å²) in [4.78, 5) is 13.4. The third-order valence-corrected chi connectivity index (χ3v) is 3.80. The van der Waals surface area contributed by atoms with Gasteiger partial charge in [0.1, 0.15) is 11.9 Å². The Labute approximate surface area is 111 Å². The quantitative estimate of drug-likeness (QED) is 0.840. The van der Waals surface area contributed by atoms with Crippen molar-refractivity contribution in [2.24, 2.45) is 0 Å². The molecule has 19 heavy (non-hydrogen) atoms. The predicted molar refractivity (Wildman–Crippen MR) is 68.0 cm³/mol. The molecule has 1 aliphatic rings. The van der Waals surface area contributed by atoms with Gasteiger partial charge in [0.05, 0.1) is 23.6 Å². The molecule has 1 aromatic carbocycles. The lowest BCUT2D eigenvalue weighted by atomic mass is 9.98. The Morgan fingerprint density at radius 1 is 1.58 bits per heavy atom. The average Bonchev–Trinajstić information content (AvgIpc) is 2.53. The molecule has 1 N–H and O–H groups in total. The van der Waals surface area contributed by atoms with E-state index in [2.05, 4.69) is 0 Å². The first-order valence-corrected chi connectivity index (χ1v) is 6.03. The third kappa shape index (κ3) is 1.98. The van der Waals surface area contributed by atoms with E-state index in [0.717, 1.165) is 0 Å². The molecule has 0 saturated carbocycles. The lowest BCUT2D eigenvalue weighted by molar-refractivity contribution is -0.118. The largest absolute Gasteiger partial charge is 0.387 e. The number of anilines is 1. The smallest absolute Gasteiger partial charge is 0.230 e. The first-order valence-electron chi connectivity index (χ1n) is 6.03. The Hall–Kier alpha value is -1.93. The van der Waals surface area contributed by atoms with Crippen LogP contribution in [0.5, 0.6) is 0 Å². The summed E-state index contributed by atoms with van der Waals surface area (Å²) >= 11 is 0. The summed E-state index contributed by atoms with van der Waals surface area (Å²) in [6, 6.07) is 4.23. The molecule has 1 aromatic rings. The minimum Gasteiger partial charge on any atom is -0.387 e. The summed E-state index contributed by atoms with van der Waals surface area (Å²) in [5, 5.41) is 18.9. The Kier molecular flexibility index (Phi) is 3.07. The number of nitrogens with zero attached hydrogens (tertiary/aromatic N) is 2. The Balaban J connectivity index is 2.53. The standard InChI is InChI=1S/C14H15FN2O2/c1-8-11(5-4-10(7-16)13(8)15)17-9(2)14(3,19)6-12(17)18/h4-5,9,19H,6H2,1-3H3. The van der Waals surface area contributed by atoms with Crippen LogP contribution < -0.4 is 4.90 Å². The Morgan fingerprint density at radius 3 is 2.68 bits per heavy atom. The second-order valence-corrected chi connectivity index (χ2v) is 5.16. The summed E-state index contributed by atoms with van der Waals surface area (Å²) in [5.41, 5.74) is -0.524. The van der Waals surface area contributed by atoms with Crippen LogP contribution in [0.4, 0.5) is 10.1 Å². The average molecular weight is 262 g/mol. The van der Waals surface area contributed by atoms with Crippen molar-refractivity contribution < 1.29 is 14.3 Å². The highest BCUT2D eigenvalue weighted by atomic mass is 19.1. The second-order valence-electron chi connectivity index (χ2n) is 5.16. The normalized spacial score (nSPS) is 26.6. The molecule has 1 heterocycles. The van der Waals surface area contributed by atoms with Crippen molar-refractivity contribution in [2.45, 2.75) is 38.8 Å². The zero-order valence-electron chi connectivity index (χ0n) is 11.1. The first-order chi connectivity index (χ1) is 8.79. The van der Waals surface area contributed by atoms with Crippen molar-refractivity contribution in [3.05, 3.63) is 29.1 Å². The van der Waals surface area contributed by atoms with Gasteiger partial charge in [0.25, 0.3) is 0 Å². The van der Waals surface area contributed by atoms with Crippen LogP contribution in [0.15, 0.2) is 12.1 Å². The SMILES string of the molecule is Cc1c(N2C(=O)CC(C)(O)C2C)ccc(C#N)c1F. The molecule has 1 aliphatic heterocycles. The molecule has 2 atom stereocenters. The fourth-order valence-electron chi connectivity index (χ4n) is 2.40. The molecule has 0 radical (unpaired) electrons. The van der Waals surface area contributed by atoms with Gasteiger partial charge in [-0.1, -0.05) is 0 Å². The van der Waals surface area contributed by atoms with Crippen LogP contribution >= 0.6 is 0 Å². The van der Waals surface area contributed by atoms with E-state index in [0.29, 0.717) is 5.69 Å². The molecular weight excluding hydrogens is 247 g/mol. The molecule has 0 bridgehead atoms. The molecule has 1 saturated heterocycles. The number of aliphatic hydroxyl groups is 1. The van der Waals surface area contributed by atoms with Crippen LogP contribution in [-0.2, 0) is 4.79 Å². The van der Waals surface area contributed by atoms with Crippen LogP contribution in [0.1, 0.15) is 31.4 Å². The molecule has 4 nitrogen and oxygen atoms in total. The van der Waals surface area contributed by atoms with Gasteiger partial charge in [0, 0.05) is 11.3 Å². The van der Waals surface area contributed by atoms with Crippen molar-refractivity contribution in [1.82, 2.24) is 0 Å². The van der Waals surface area contributed by atoms with Crippen molar-refractivity contribution in [1.29, 1.82) is 5.26 Å². The summed E-state index contributed by atoms with van der Waals surface area (Å²) in [7, 11) is 0. The number of carbonyl (C=O) groups excluding carboxylic acids is 1. The monoisotopic (exact) mass is 262 g/mol. The van der Waals surface area contributed by atoms with E-state index in [-0.39, 0.29) is 23.5 Å². The number of benzene rings is 1. The minimum absolute atomic E-state index is 0.00915. The number of hydrogen-bond donors (Lipinski definition) is 1. The number of rotatable bonds is 1. The molecular formula is C14H15FN2O2. The highest BCUT2D eigenvalue weighted by Crippen LogP contribution is 2.36. The lowest BCUT2D eigenvalue weighted by Crippen LogP contribution is -2.41. The van der Waals surface area contributed by atoms with Crippen molar-refractivity contribution in [3.63, 3.8) is 0 Å². The molecule has 0 aliphatic carbocycles. The van der Waals surface area contributed by atoms with Crippen LogP contribution in [0, 0.1) is 24.1 Å². The molecule has 1 amide bonds. The summed E-state index contributed by atoms with van der Waals surface area (Å²) < 4.78 is 13.9. The van der Waals surface area contributed by atoms with Gasteiger partial charge in [-0.25, -0.2) is 4.39 Å². The van der Waals surface area contributed by atoms with Crippen LogP contribution in [0.2, 0.25) is 0 Å². The van der Waals surface area contributed by atoms with E-state index in [9.17, 15) is 14.3 Å². The van der Waals surface area contributed by atoms with E-state index in [1.54, 1.807) is 26.0 Å². The van der Waals surface area contributed by atoms with E-state index in [4.69, 9.17) is 5.26 Å². The van der Waals surface area contributed by atoms with E-state index in [1.807, 2.05) is 0 Å². The van der Waals surface area contributed by atoms with Gasteiger partial charge in [-0.3, -0.25) is 4.79 Å². The number of amides is 1. The fourth-order valence-corrected chi connectivity index (χ4v) is 2.40. The second kappa shape index (κ2) is 4.32. The molecule has 2 rings (SSSR count). The van der Waals surface area contributed by atoms with Crippen molar-refractivity contribution >= 4 is 11.6 Å². The topological polar surface area (TPSA) is 64.3 Å². The maximum Gasteiger partial charge on any atom is 0.230 e. The summed E-state index contributed by atoms with van der Waals surface area (Å²) in [5.74, 6) is -0.865. The van der Waals surface area contributed by atoms with E-state index in [1.165, 1.54) is 17.9 Å². The van der Waals surface area contributed by atoms with Gasteiger partial charge >= 0.3 is 0 Å². The van der Waals surface area contributed by atoms with Gasteiger partial charge in [-0.2, -0.15) is 5.26 Å². The summed E-state index contributed by atoms with van der Waals surface area (Å²) in [6.07, 6.45) is 0.00915. The molecule has 0 aromatic heterocycles. The number of halogens is 1. The highest BCUT2D eigenvalue weighted by Gasteiger charge is 2.46. The molecule has 0 spiro atoms. The van der Waals surface area contributed by atoms with Gasteiger partial charge in [-0.15, -0.1) is 0 Å². The first kappa shape index (κ1) is 13.5. The molecule has 1 fully saturated rings. The molecule has 5 heteroatoms. The number of carbonyl (C=O) groups is 1. The maximum absolute atomic E-state index is 13.9. The zero-order chi connectivity index (χ0) is 14.4. The third-order valence-electron chi connectivity index (χ3n) is 3.80. The van der Waals surface area contributed by atoms with Gasteiger partial charge in [-0.05, 0) is 32.9 Å². The van der Waals surface area contributed by atoms with Crippen molar-refractivity contribution in [3.8, 4) is 6.07 Å². The van der Waals surface area contributed by atoms with E-state index < -0.39 is 17.5 Å². The Morgan fingerprint density at radius 2 is 2.21 bits per heavy atom. The zero-order valence-corrected chi connectivity index (χ0v) is 11.1. The fraction of sp³-hybridized carbons (Fsp3) is 0.429. The molecule has 100 valence electrons. The lowest BCUT2D eigenvalue weighted by Gasteiger charge is -2.29. The van der Waals surface area contributed by atoms with Crippen LogP contribution in [-0.4, -0.2) is 22.7 Å². The van der Waals surface area contributed by atoms with Crippen molar-refractivity contribution in [2.75, 3.05) is 4.90 Å². The minimum atomic E-state index is -1.13. The predicted octanol–water partition coefficient (Wildman–Crippen LogP) is 1.88. The van der Waals surface area contributed by atoms with Crippen LogP contribution in [0.25, 0.3) is 0 Å². The Bertz CT molecular complexity index is 590. The molecule has 2 unspecified atom stereocenters. The number of nitriles is 1. The van der Waals surface area contributed by atoms with Gasteiger partial charge < -0.3 is 10.0 Å². The van der Waals surface area contributed by atoms with Crippen LogP contribution in [0.3, 0.4) is 0 Å². The number of hydrogen-bond acceptors (Lipinski definition) is 3. The van der Waals surface area contributed by atoms with E-state index >= 15 is 0 Å². The maximum atomic E-state index is 13.9.